The van der Waals surface area contributed by atoms with Gasteiger partial charge in [0.25, 0.3) is 5.56 Å². The van der Waals surface area contributed by atoms with E-state index < -0.39 is 52.9 Å². The van der Waals surface area contributed by atoms with Crippen LogP contribution in [0.5, 0.6) is 0 Å². The number of H-pyrrole nitrogens is 1. The molecule has 2 aliphatic rings. The lowest BCUT2D eigenvalue weighted by Gasteiger charge is -2.51. The Morgan fingerprint density at radius 2 is 1.62 bits per heavy atom. The molecular formula is C22H37N3O7Si2. The fraction of sp³-hybridized carbons (Fsp3) is 0.773. The van der Waals surface area contributed by atoms with E-state index in [1.54, 1.807) is 0 Å². The van der Waals surface area contributed by atoms with Gasteiger partial charge in [0.15, 0.2) is 6.23 Å². The van der Waals surface area contributed by atoms with Gasteiger partial charge in [-0.3, -0.25) is 14.3 Å². The third-order valence-corrected chi connectivity index (χ3v) is 17.2. The minimum atomic E-state index is -3.00. The first-order chi connectivity index (χ1) is 15.8. The van der Waals surface area contributed by atoms with Gasteiger partial charge in [-0.25, -0.2) is 4.79 Å². The van der Waals surface area contributed by atoms with E-state index in [4.69, 9.17) is 17.7 Å². The lowest BCUT2D eigenvalue weighted by Crippen LogP contribution is -2.65. The Hall–Kier alpha value is -1.60. The number of nitrogens with zero attached hydrogens (tertiary/aromatic N) is 2. The van der Waals surface area contributed by atoms with E-state index in [1.165, 1.54) is 0 Å². The molecule has 0 spiro atoms. The van der Waals surface area contributed by atoms with Crippen LogP contribution in [-0.2, 0) is 17.7 Å². The maximum atomic E-state index is 12.6. The van der Waals surface area contributed by atoms with E-state index >= 15 is 0 Å². The number of aliphatic hydroxyl groups is 1. The molecule has 0 saturated carbocycles. The molecule has 3 rings (SSSR count). The molecule has 0 radical (unpaired) electrons. The molecule has 1 aromatic rings. The molecule has 2 saturated heterocycles. The maximum Gasteiger partial charge on any atom is 0.335 e. The van der Waals surface area contributed by atoms with Gasteiger partial charge in [0.1, 0.15) is 30.1 Å². The molecule has 4 atom stereocenters. The SMILES string of the molecule is CC(C)[Si]1(C(C)C)OC[C@H]2O[C@@H](n3c(C#N)cc(=O)[nH]c3=O)[C@H](O)[C@@H]2O[Si](C(C)C)(C(C)C)O1. The summed E-state index contributed by atoms with van der Waals surface area (Å²) in [5.74, 6) is 0. The summed E-state index contributed by atoms with van der Waals surface area (Å²) in [5, 5.41) is 20.8. The van der Waals surface area contributed by atoms with Crippen LogP contribution in [0.15, 0.2) is 15.7 Å². The third-order valence-electron chi connectivity index (χ3n) is 6.99. The van der Waals surface area contributed by atoms with E-state index in [1.807, 2.05) is 6.07 Å². The summed E-state index contributed by atoms with van der Waals surface area (Å²) in [7, 11) is -5.79. The Balaban J connectivity index is 2.13. The van der Waals surface area contributed by atoms with Gasteiger partial charge in [-0.1, -0.05) is 55.4 Å². The summed E-state index contributed by atoms with van der Waals surface area (Å²) in [6.45, 7) is 16.8. The fourth-order valence-electron chi connectivity index (χ4n) is 5.19. The second kappa shape index (κ2) is 9.81. The summed E-state index contributed by atoms with van der Waals surface area (Å²) < 4.78 is 27.7. The van der Waals surface area contributed by atoms with Crippen LogP contribution in [0.3, 0.4) is 0 Å². The minimum absolute atomic E-state index is 0.0518. The molecule has 0 amide bonds. The fourth-order valence-corrected chi connectivity index (χ4v) is 16.4. The van der Waals surface area contributed by atoms with E-state index in [0.717, 1.165) is 10.6 Å². The molecule has 2 N–H and O–H groups in total. The molecule has 2 fully saturated rings. The highest BCUT2D eigenvalue weighted by molar-refractivity contribution is 6.83. The summed E-state index contributed by atoms with van der Waals surface area (Å²) in [6, 6.07) is 2.86. The second-order valence-electron chi connectivity index (χ2n) is 10.4. The topological polar surface area (TPSA) is 136 Å². The summed E-state index contributed by atoms with van der Waals surface area (Å²) in [6.07, 6.45) is -3.98. The van der Waals surface area contributed by atoms with Gasteiger partial charge >= 0.3 is 22.8 Å². The average Bonchev–Trinajstić information content (AvgIpc) is 3.01. The highest BCUT2D eigenvalue weighted by Crippen LogP contribution is 2.48. The number of nitriles is 1. The number of fused-ring (bicyclic) bond motifs is 1. The number of aromatic nitrogens is 2. The zero-order valence-electron chi connectivity index (χ0n) is 21.2. The van der Waals surface area contributed by atoms with E-state index in [-0.39, 0.29) is 34.5 Å². The quantitative estimate of drug-likeness (QED) is 0.576. The lowest BCUT2D eigenvalue weighted by atomic mass is 10.1. The van der Waals surface area contributed by atoms with Crippen molar-refractivity contribution in [2.75, 3.05) is 6.61 Å². The molecule has 34 heavy (non-hydrogen) atoms. The summed E-state index contributed by atoms with van der Waals surface area (Å²) in [4.78, 5) is 26.5. The zero-order valence-corrected chi connectivity index (χ0v) is 23.2. The van der Waals surface area contributed by atoms with Crippen LogP contribution in [0.4, 0.5) is 0 Å². The first-order valence-electron chi connectivity index (χ1n) is 11.9. The Labute approximate surface area is 202 Å². The van der Waals surface area contributed by atoms with Crippen LogP contribution in [0, 0.1) is 11.3 Å². The monoisotopic (exact) mass is 511 g/mol. The van der Waals surface area contributed by atoms with Crippen molar-refractivity contribution in [1.29, 1.82) is 5.26 Å². The van der Waals surface area contributed by atoms with Gasteiger partial charge in [-0.05, 0) is 22.2 Å². The van der Waals surface area contributed by atoms with Crippen LogP contribution in [-0.4, -0.2) is 56.7 Å². The smallest absolute Gasteiger partial charge is 0.335 e. The highest BCUT2D eigenvalue weighted by Gasteiger charge is 2.61. The van der Waals surface area contributed by atoms with Crippen molar-refractivity contribution < 1.29 is 22.8 Å². The van der Waals surface area contributed by atoms with E-state index in [0.29, 0.717) is 0 Å². The average molecular weight is 512 g/mol. The van der Waals surface area contributed by atoms with Gasteiger partial charge in [0.05, 0.1) is 6.61 Å². The minimum Gasteiger partial charge on any atom is -0.414 e. The van der Waals surface area contributed by atoms with Gasteiger partial charge in [-0.2, -0.15) is 5.26 Å². The van der Waals surface area contributed by atoms with Gasteiger partial charge in [-0.15, -0.1) is 0 Å². The number of hydrogen-bond donors (Lipinski definition) is 2. The van der Waals surface area contributed by atoms with Crippen LogP contribution in [0.1, 0.15) is 67.3 Å². The molecule has 0 aliphatic carbocycles. The second-order valence-corrected chi connectivity index (χ2v) is 19.3. The van der Waals surface area contributed by atoms with Crippen molar-refractivity contribution in [3.05, 3.63) is 32.6 Å². The Morgan fingerprint density at radius 3 is 2.12 bits per heavy atom. The first-order valence-corrected chi connectivity index (χ1v) is 15.9. The van der Waals surface area contributed by atoms with Gasteiger partial charge in [0.2, 0.25) is 0 Å². The van der Waals surface area contributed by atoms with Crippen LogP contribution >= 0.6 is 0 Å². The third kappa shape index (κ3) is 4.39. The highest BCUT2D eigenvalue weighted by atomic mass is 28.5. The maximum absolute atomic E-state index is 12.6. The summed E-state index contributed by atoms with van der Waals surface area (Å²) in [5.41, 5.74) is -1.33. The van der Waals surface area contributed by atoms with Crippen molar-refractivity contribution in [1.82, 2.24) is 9.55 Å². The number of aromatic amines is 1. The normalized spacial score (nSPS) is 28.7. The first kappa shape index (κ1) is 27.0. The van der Waals surface area contributed by atoms with Crippen molar-refractivity contribution in [3.8, 4) is 6.07 Å². The molecule has 1 aromatic heterocycles. The Morgan fingerprint density at radius 1 is 1.06 bits per heavy atom. The van der Waals surface area contributed by atoms with E-state index in [9.17, 15) is 20.0 Å². The molecule has 0 bridgehead atoms. The number of aliphatic hydroxyl groups excluding tert-OH is 1. The molecule has 190 valence electrons. The summed E-state index contributed by atoms with van der Waals surface area (Å²) >= 11 is 0. The largest absolute Gasteiger partial charge is 0.414 e. The molecule has 12 heteroatoms. The zero-order chi connectivity index (χ0) is 25.6. The lowest BCUT2D eigenvalue weighted by molar-refractivity contribution is -0.0604. The molecule has 0 aromatic carbocycles. The van der Waals surface area contributed by atoms with Crippen LogP contribution in [0.25, 0.3) is 0 Å². The molecule has 3 heterocycles. The van der Waals surface area contributed by atoms with Crippen molar-refractivity contribution in [3.63, 3.8) is 0 Å². The van der Waals surface area contributed by atoms with E-state index in [2.05, 4.69) is 60.4 Å². The predicted molar refractivity (Wildman–Crippen MR) is 130 cm³/mol. The van der Waals surface area contributed by atoms with Gasteiger partial charge < -0.3 is 22.8 Å². The molecular weight excluding hydrogens is 474 g/mol. The Bertz CT molecular complexity index is 1030. The molecule has 2 aliphatic heterocycles. The molecule has 0 unspecified atom stereocenters. The van der Waals surface area contributed by atoms with Gasteiger partial charge in [0, 0.05) is 6.07 Å². The van der Waals surface area contributed by atoms with Crippen LogP contribution < -0.4 is 11.2 Å². The van der Waals surface area contributed by atoms with Crippen LogP contribution in [0.2, 0.25) is 22.2 Å². The van der Waals surface area contributed by atoms with Crippen molar-refractivity contribution >= 4 is 17.1 Å². The van der Waals surface area contributed by atoms with Crippen molar-refractivity contribution in [2.24, 2.45) is 0 Å². The molecule has 10 nitrogen and oxygen atoms in total. The number of nitrogens with one attached hydrogen (secondary N) is 1. The standard InChI is InChI=1S/C22H37N3O7Si2/c1-12(2)33(13(3)4)29-11-17-20(31-34(32-33,14(5)6)15(7)8)19(27)21(30-17)25-16(10-23)9-18(26)24-22(25)28/h9,12-15,17,19-21,27H,11H2,1-8H3,(H,24,26,28)/t17-,19-,20-,21-/m1/s1. The van der Waals surface area contributed by atoms with Crippen molar-refractivity contribution in [2.45, 2.75) is 102 Å². The Kier molecular flexibility index (Phi) is 7.79. The predicted octanol–water partition coefficient (Wildman–Crippen LogP) is 2.62. The number of rotatable bonds is 5. The number of hydrogen-bond acceptors (Lipinski definition) is 8. The number of ether oxygens (including phenoxy) is 1.